The van der Waals surface area contributed by atoms with E-state index in [0.29, 0.717) is 0 Å². The maximum absolute atomic E-state index is 13.2. The molecule has 0 spiro atoms. The van der Waals surface area contributed by atoms with Gasteiger partial charge >= 0.3 is 6.09 Å². The fraction of sp³-hybridized carbons (Fsp3) is 0.417. The molecule has 2 amide bonds. The number of aryl methyl sites for hydroxylation is 1. The van der Waals surface area contributed by atoms with Crippen LogP contribution in [0.25, 0.3) is 0 Å². The monoisotopic (exact) mass is 394 g/mol. The number of hydrogen-bond acceptors (Lipinski definition) is 3. The van der Waals surface area contributed by atoms with E-state index < -0.39 is 17.6 Å². The van der Waals surface area contributed by atoms with Crippen molar-refractivity contribution in [3.05, 3.63) is 71.3 Å². The van der Waals surface area contributed by atoms with Crippen LogP contribution in [0.1, 0.15) is 62.3 Å². The molecule has 3 rings (SSSR count). The van der Waals surface area contributed by atoms with Crippen LogP contribution < -0.4 is 10.6 Å². The molecule has 0 bridgehead atoms. The van der Waals surface area contributed by atoms with Crippen LogP contribution >= 0.6 is 0 Å². The van der Waals surface area contributed by atoms with E-state index in [0.717, 1.165) is 24.8 Å². The van der Waals surface area contributed by atoms with Gasteiger partial charge in [-0.2, -0.15) is 0 Å². The van der Waals surface area contributed by atoms with Crippen molar-refractivity contribution in [2.45, 2.75) is 57.6 Å². The van der Waals surface area contributed by atoms with Crippen LogP contribution in [0.15, 0.2) is 54.6 Å². The molecule has 2 aromatic carbocycles. The second-order valence-corrected chi connectivity index (χ2v) is 8.50. The summed E-state index contributed by atoms with van der Waals surface area (Å²) in [6.07, 6.45) is 2.50. The Balaban J connectivity index is 1.73. The van der Waals surface area contributed by atoms with Gasteiger partial charge in [0.2, 0.25) is 5.91 Å². The van der Waals surface area contributed by atoms with Crippen molar-refractivity contribution in [1.82, 2.24) is 10.6 Å². The minimum atomic E-state index is -0.583. The molecule has 0 fully saturated rings. The summed E-state index contributed by atoms with van der Waals surface area (Å²) in [6, 6.07) is 17.8. The molecule has 0 saturated carbocycles. The molecule has 0 unspecified atom stereocenters. The standard InChI is InChI=1S/C24H30N2O3/c1-24(2,3)29-23(28)25-16-20(18-10-5-4-6-11-18)22(27)26-21-15-9-13-17-12-7-8-14-19(17)21/h4-8,10-12,14,20-21H,9,13,15-16H2,1-3H3,(H,25,28)(H,26,27)/t20-,21-/m0/s1. The van der Waals surface area contributed by atoms with Crippen molar-refractivity contribution in [2.24, 2.45) is 0 Å². The van der Waals surface area contributed by atoms with Crippen LogP contribution in [0, 0.1) is 0 Å². The molecule has 2 aromatic rings. The molecule has 0 radical (unpaired) electrons. The van der Waals surface area contributed by atoms with Gasteiger partial charge in [0.25, 0.3) is 0 Å². The van der Waals surface area contributed by atoms with Crippen molar-refractivity contribution < 1.29 is 14.3 Å². The second kappa shape index (κ2) is 9.12. The zero-order valence-corrected chi connectivity index (χ0v) is 17.4. The first-order chi connectivity index (χ1) is 13.8. The van der Waals surface area contributed by atoms with Gasteiger partial charge in [-0.1, -0.05) is 54.6 Å². The van der Waals surface area contributed by atoms with Crippen LogP contribution in [-0.4, -0.2) is 24.1 Å². The van der Waals surface area contributed by atoms with Crippen LogP contribution in [-0.2, 0) is 16.0 Å². The summed E-state index contributed by atoms with van der Waals surface area (Å²) in [6.45, 7) is 5.62. The number of fused-ring (bicyclic) bond motifs is 1. The largest absolute Gasteiger partial charge is 0.444 e. The maximum Gasteiger partial charge on any atom is 0.407 e. The van der Waals surface area contributed by atoms with Crippen LogP contribution in [0.4, 0.5) is 4.79 Å². The third-order valence-electron chi connectivity index (χ3n) is 5.05. The Bertz CT molecular complexity index is 843. The topological polar surface area (TPSA) is 67.4 Å². The molecular weight excluding hydrogens is 364 g/mol. The molecule has 0 aromatic heterocycles. The number of hydrogen-bond donors (Lipinski definition) is 2. The number of rotatable bonds is 5. The maximum atomic E-state index is 13.2. The highest BCUT2D eigenvalue weighted by atomic mass is 16.6. The van der Waals surface area contributed by atoms with Gasteiger partial charge in [-0.25, -0.2) is 4.79 Å². The number of carbonyl (C=O) groups excluding carboxylic acids is 2. The van der Waals surface area contributed by atoms with Gasteiger partial charge < -0.3 is 15.4 Å². The van der Waals surface area contributed by atoms with E-state index in [4.69, 9.17) is 4.74 Å². The molecule has 154 valence electrons. The molecule has 5 heteroatoms. The quantitative estimate of drug-likeness (QED) is 0.785. The Hall–Kier alpha value is -2.82. The first kappa shape index (κ1) is 20.9. The number of carbonyl (C=O) groups is 2. The molecule has 1 aliphatic carbocycles. The first-order valence-corrected chi connectivity index (χ1v) is 10.2. The van der Waals surface area contributed by atoms with E-state index in [2.05, 4.69) is 22.8 Å². The predicted molar refractivity (Wildman–Crippen MR) is 114 cm³/mol. The van der Waals surface area contributed by atoms with Gasteiger partial charge in [-0.15, -0.1) is 0 Å². The highest BCUT2D eigenvalue weighted by Crippen LogP contribution is 2.30. The average molecular weight is 395 g/mol. The second-order valence-electron chi connectivity index (χ2n) is 8.50. The van der Waals surface area contributed by atoms with Crippen molar-refractivity contribution in [3.8, 4) is 0 Å². The predicted octanol–water partition coefficient (Wildman–Crippen LogP) is 4.49. The third kappa shape index (κ3) is 5.83. The smallest absolute Gasteiger partial charge is 0.407 e. The molecule has 2 N–H and O–H groups in total. The zero-order chi connectivity index (χ0) is 20.9. The SMILES string of the molecule is CC(C)(C)OC(=O)NC[C@H](C(=O)N[C@H]1CCCc2ccccc21)c1ccccc1. The lowest BCUT2D eigenvalue weighted by Crippen LogP contribution is -2.41. The summed E-state index contributed by atoms with van der Waals surface area (Å²) < 4.78 is 5.32. The fourth-order valence-electron chi connectivity index (χ4n) is 3.72. The van der Waals surface area contributed by atoms with E-state index >= 15 is 0 Å². The van der Waals surface area contributed by atoms with Gasteiger partial charge in [0.1, 0.15) is 5.60 Å². The first-order valence-electron chi connectivity index (χ1n) is 10.2. The number of nitrogens with one attached hydrogen (secondary N) is 2. The molecule has 29 heavy (non-hydrogen) atoms. The highest BCUT2D eigenvalue weighted by Gasteiger charge is 2.27. The van der Waals surface area contributed by atoms with E-state index in [1.165, 1.54) is 11.1 Å². The molecule has 0 saturated heterocycles. The number of amides is 2. The van der Waals surface area contributed by atoms with Crippen molar-refractivity contribution >= 4 is 12.0 Å². The summed E-state index contributed by atoms with van der Waals surface area (Å²) in [5.41, 5.74) is 2.77. The molecule has 0 aliphatic heterocycles. The molecule has 1 aliphatic rings. The number of alkyl carbamates (subject to hydrolysis) is 1. The minimum Gasteiger partial charge on any atom is -0.444 e. The Morgan fingerprint density at radius 3 is 2.48 bits per heavy atom. The van der Waals surface area contributed by atoms with E-state index in [1.807, 2.05) is 63.2 Å². The number of benzene rings is 2. The average Bonchev–Trinajstić information content (AvgIpc) is 2.68. The van der Waals surface area contributed by atoms with Crippen LogP contribution in [0.5, 0.6) is 0 Å². The summed E-state index contributed by atoms with van der Waals surface area (Å²) in [5, 5.41) is 5.97. The van der Waals surface area contributed by atoms with Gasteiger partial charge in [0, 0.05) is 6.54 Å². The summed E-state index contributed by atoms with van der Waals surface area (Å²) in [7, 11) is 0. The minimum absolute atomic E-state index is 0.000175. The lowest BCUT2D eigenvalue weighted by atomic mass is 9.87. The lowest BCUT2D eigenvalue weighted by Gasteiger charge is -2.28. The Morgan fingerprint density at radius 1 is 1.07 bits per heavy atom. The van der Waals surface area contributed by atoms with Gasteiger partial charge in [0.05, 0.1) is 12.0 Å². The number of ether oxygens (including phenoxy) is 1. The summed E-state index contributed by atoms with van der Waals surface area (Å²) in [5.74, 6) is -0.577. The van der Waals surface area contributed by atoms with Crippen LogP contribution in [0.2, 0.25) is 0 Å². The summed E-state index contributed by atoms with van der Waals surface area (Å²) >= 11 is 0. The zero-order valence-electron chi connectivity index (χ0n) is 17.4. The van der Waals surface area contributed by atoms with Gasteiger partial charge in [-0.05, 0) is 56.7 Å². The van der Waals surface area contributed by atoms with Crippen molar-refractivity contribution in [3.63, 3.8) is 0 Å². The normalized spacial score (nSPS) is 17.0. The van der Waals surface area contributed by atoms with E-state index in [1.54, 1.807) is 0 Å². The third-order valence-corrected chi connectivity index (χ3v) is 5.05. The molecular formula is C24H30N2O3. The van der Waals surface area contributed by atoms with Crippen molar-refractivity contribution in [2.75, 3.05) is 6.54 Å². The Morgan fingerprint density at radius 2 is 1.76 bits per heavy atom. The van der Waals surface area contributed by atoms with E-state index in [9.17, 15) is 9.59 Å². The fourth-order valence-corrected chi connectivity index (χ4v) is 3.72. The van der Waals surface area contributed by atoms with Gasteiger partial charge in [0.15, 0.2) is 0 Å². The van der Waals surface area contributed by atoms with Gasteiger partial charge in [-0.3, -0.25) is 4.79 Å². The molecule has 5 nitrogen and oxygen atoms in total. The highest BCUT2D eigenvalue weighted by molar-refractivity contribution is 5.85. The Labute approximate surface area is 172 Å². The summed E-state index contributed by atoms with van der Waals surface area (Å²) in [4.78, 5) is 25.3. The lowest BCUT2D eigenvalue weighted by molar-refractivity contribution is -0.123. The molecule has 0 heterocycles. The Kier molecular flexibility index (Phi) is 6.57. The molecule has 2 atom stereocenters. The van der Waals surface area contributed by atoms with Crippen molar-refractivity contribution in [1.29, 1.82) is 0 Å². The van der Waals surface area contributed by atoms with E-state index in [-0.39, 0.29) is 18.5 Å². The van der Waals surface area contributed by atoms with Crippen LogP contribution in [0.3, 0.4) is 0 Å².